The van der Waals surface area contributed by atoms with Crippen LogP contribution >= 0.6 is 0 Å². The van der Waals surface area contributed by atoms with Gasteiger partial charge in [0.15, 0.2) is 0 Å². The Morgan fingerprint density at radius 1 is 1.33 bits per heavy atom. The smallest absolute Gasteiger partial charge is 0.238 e. The Labute approximate surface area is 126 Å². The van der Waals surface area contributed by atoms with Crippen LogP contribution < -0.4 is 10.1 Å². The number of piperidine rings is 1. The van der Waals surface area contributed by atoms with Crippen molar-refractivity contribution in [3.05, 3.63) is 24.3 Å². The third kappa shape index (κ3) is 4.72. The summed E-state index contributed by atoms with van der Waals surface area (Å²) >= 11 is 0. The van der Waals surface area contributed by atoms with Gasteiger partial charge < -0.3 is 14.8 Å². The van der Waals surface area contributed by atoms with Gasteiger partial charge in [0.2, 0.25) is 5.91 Å². The highest BCUT2D eigenvalue weighted by Gasteiger charge is 2.20. The first kappa shape index (κ1) is 15.8. The van der Waals surface area contributed by atoms with E-state index in [0.717, 1.165) is 31.6 Å². The molecule has 2 rings (SSSR count). The highest BCUT2D eigenvalue weighted by atomic mass is 16.5. The van der Waals surface area contributed by atoms with E-state index in [0.29, 0.717) is 25.0 Å². The summed E-state index contributed by atoms with van der Waals surface area (Å²) in [6, 6.07) is 7.52. The third-order valence-electron chi connectivity index (χ3n) is 3.70. The molecule has 0 aromatic heterocycles. The first-order chi connectivity index (χ1) is 10.2. The Morgan fingerprint density at radius 2 is 2.05 bits per heavy atom. The molecule has 0 aliphatic carbocycles. The molecule has 0 unspecified atom stereocenters. The Hall–Kier alpha value is -1.59. The minimum Gasteiger partial charge on any atom is -0.492 e. The molecule has 1 aliphatic rings. The van der Waals surface area contributed by atoms with E-state index in [1.165, 1.54) is 0 Å². The van der Waals surface area contributed by atoms with Crippen LogP contribution in [0.2, 0.25) is 0 Å². The molecule has 1 heterocycles. The largest absolute Gasteiger partial charge is 0.492 e. The minimum absolute atomic E-state index is 0.00183. The van der Waals surface area contributed by atoms with Crippen LogP contribution in [0.1, 0.15) is 19.8 Å². The number of hydrogen-bond acceptors (Lipinski definition) is 4. The summed E-state index contributed by atoms with van der Waals surface area (Å²) < 4.78 is 10.9. The van der Waals surface area contributed by atoms with Crippen LogP contribution in [-0.4, -0.2) is 50.3 Å². The second-order valence-electron chi connectivity index (χ2n) is 5.19. The molecule has 1 aromatic carbocycles. The zero-order valence-electron chi connectivity index (χ0n) is 12.8. The number of hydrogen-bond donors (Lipinski definition) is 1. The van der Waals surface area contributed by atoms with Crippen LogP contribution in [0.15, 0.2) is 24.3 Å². The number of benzene rings is 1. The fraction of sp³-hybridized carbons (Fsp3) is 0.562. The van der Waals surface area contributed by atoms with Gasteiger partial charge in [-0.05, 0) is 31.9 Å². The predicted molar refractivity (Wildman–Crippen MR) is 82.7 cm³/mol. The van der Waals surface area contributed by atoms with E-state index in [4.69, 9.17) is 9.47 Å². The van der Waals surface area contributed by atoms with Gasteiger partial charge in [-0.15, -0.1) is 0 Å². The topological polar surface area (TPSA) is 50.8 Å². The van der Waals surface area contributed by atoms with Crippen LogP contribution in [0.4, 0.5) is 5.69 Å². The maximum Gasteiger partial charge on any atom is 0.238 e. The van der Waals surface area contributed by atoms with Gasteiger partial charge in [-0.25, -0.2) is 0 Å². The van der Waals surface area contributed by atoms with Gasteiger partial charge in [0, 0.05) is 20.2 Å². The molecule has 0 saturated carbocycles. The molecule has 1 fully saturated rings. The number of amides is 1. The van der Waals surface area contributed by atoms with Crippen molar-refractivity contribution in [3.8, 4) is 5.75 Å². The van der Waals surface area contributed by atoms with Gasteiger partial charge in [-0.1, -0.05) is 12.1 Å². The second-order valence-corrected chi connectivity index (χ2v) is 5.19. The normalized spacial score (nSPS) is 16.7. The summed E-state index contributed by atoms with van der Waals surface area (Å²) in [5.74, 6) is 0.712. The highest BCUT2D eigenvalue weighted by molar-refractivity contribution is 5.93. The van der Waals surface area contributed by atoms with E-state index >= 15 is 0 Å². The number of anilines is 1. The average molecular weight is 292 g/mol. The molecule has 1 aliphatic heterocycles. The van der Waals surface area contributed by atoms with E-state index in [1.807, 2.05) is 31.2 Å². The van der Waals surface area contributed by atoms with Gasteiger partial charge in [-0.2, -0.15) is 0 Å². The standard InChI is InChI=1S/C16H24N2O3/c1-3-21-15-7-5-4-6-14(15)17-16(19)12-18-10-8-13(20-2)9-11-18/h4-7,13H,3,8-12H2,1-2H3,(H,17,19). The van der Waals surface area contributed by atoms with Crippen molar-refractivity contribution in [2.75, 3.05) is 38.7 Å². The zero-order valence-corrected chi connectivity index (χ0v) is 12.8. The number of carbonyl (C=O) groups is 1. The first-order valence-corrected chi connectivity index (χ1v) is 7.49. The molecule has 116 valence electrons. The Kier molecular flexibility index (Phi) is 6.02. The highest BCUT2D eigenvalue weighted by Crippen LogP contribution is 2.23. The predicted octanol–water partition coefficient (Wildman–Crippen LogP) is 2.13. The van der Waals surface area contributed by atoms with Crippen LogP contribution in [0.3, 0.4) is 0 Å². The number of methoxy groups -OCH3 is 1. The number of rotatable bonds is 6. The number of ether oxygens (including phenoxy) is 2. The summed E-state index contributed by atoms with van der Waals surface area (Å²) in [4.78, 5) is 14.3. The molecule has 5 heteroatoms. The second kappa shape index (κ2) is 8.00. The summed E-state index contributed by atoms with van der Waals surface area (Å²) in [6.45, 7) is 4.73. The number of para-hydroxylation sites is 2. The molecule has 1 N–H and O–H groups in total. The Bertz CT molecular complexity index is 457. The van der Waals surface area contributed by atoms with Crippen molar-refractivity contribution < 1.29 is 14.3 Å². The molecule has 0 radical (unpaired) electrons. The molecule has 1 saturated heterocycles. The maximum absolute atomic E-state index is 12.1. The quantitative estimate of drug-likeness (QED) is 0.872. The van der Waals surface area contributed by atoms with Crippen LogP contribution in [-0.2, 0) is 9.53 Å². The van der Waals surface area contributed by atoms with Crippen LogP contribution in [0.5, 0.6) is 5.75 Å². The van der Waals surface area contributed by atoms with Gasteiger partial charge in [-0.3, -0.25) is 9.69 Å². The summed E-state index contributed by atoms with van der Waals surface area (Å²) in [5.41, 5.74) is 0.733. The van der Waals surface area contributed by atoms with E-state index in [-0.39, 0.29) is 5.91 Å². The van der Waals surface area contributed by atoms with Crippen molar-refractivity contribution >= 4 is 11.6 Å². The lowest BCUT2D eigenvalue weighted by Gasteiger charge is -2.30. The Morgan fingerprint density at radius 3 is 2.71 bits per heavy atom. The van der Waals surface area contributed by atoms with E-state index < -0.39 is 0 Å². The molecule has 0 atom stereocenters. The molecule has 0 bridgehead atoms. The van der Waals surface area contributed by atoms with Crippen LogP contribution in [0.25, 0.3) is 0 Å². The van der Waals surface area contributed by atoms with Gasteiger partial charge in [0.25, 0.3) is 0 Å². The van der Waals surface area contributed by atoms with Crippen LogP contribution in [0, 0.1) is 0 Å². The molecular formula is C16H24N2O3. The number of carbonyl (C=O) groups excluding carboxylic acids is 1. The molecule has 21 heavy (non-hydrogen) atoms. The molecule has 0 spiro atoms. The lowest BCUT2D eigenvalue weighted by Crippen LogP contribution is -2.41. The monoisotopic (exact) mass is 292 g/mol. The number of likely N-dealkylation sites (tertiary alicyclic amines) is 1. The summed E-state index contributed by atoms with van der Waals surface area (Å²) in [5, 5.41) is 2.93. The van der Waals surface area contributed by atoms with Crippen molar-refractivity contribution in [1.29, 1.82) is 0 Å². The molecule has 1 aromatic rings. The van der Waals surface area contributed by atoms with Crippen molar-refractivity contribution in [3.63, 3.8) is 0 Å². The van der Waals surface area contributed by atoms with Crippen molar-refractivity contribution in [1.82, 2.24) is 4.90 Å². The van der Waals surface area contributed by atoms with E-state index in [1.54, 1.807) is 7.11 Å². The maximum atomic E-state index is 12.1. The minimum atomic E-state index is -0.00183. The van der Waals surface area contributed by atoms with Gasteiger partial charge in [0.05, 0.1) is 24.9 Å². The number of nitrogens with one attached hydrogen (secondary N) is 1. The fourth-order valence-corrected chi connectivity index (χ4v) is 2.55. The lowest BCUT2D eigenvalue weighted by molar-refractivity contribution is -0.117. The Balaban J connectivity index is 1.85. The van der Waals surface area contributed by atoms with Crippen molar-refractivity contribution in [2.45, 2.75) is 25.9 Å². The molecule has 5 nitrogen and oxygen atoms in total. The SMILES string of the molecule is CCOc1ccccc1NC(=O)CN1CCC(OC)CC1. The summed E-state index contributed by atoms with van der Waals surface area (Å²) in [6.07, 6.45) is 2.31. The van der Waals surface area contributed by atoms with E-state index in [2.05, 4.69) is 10.2 Å². The molecule has 1 amide bonds. The first-order valence-electron chi connectivity index (χ1n) is 7.49. The average Bonchev–Trinajstić information content (AvgIpc) is 2.50. The zero-order chi connectivity index (χ0) is 15.1. The summed E-state index contributed by atoms with van der Waals surface area (Å²) in [7, 11) is 1.75. The third-order valence-corrected chi connectivity index (χ3v) is 3.70. The fourth-order valence-electron chi connectivity index (χ4n) is 2.55. The lowest BCUT2D eigenvalue weighted by atomic mass is 10.1. The van der Waals surface area contributed by atoms with Gasteiger partial charge in [0.1, 0.15) is 5.75 Å². The molecular weight excluding hydrogens is 268 g/mol. The van der Waals surface area contributed by atoms with E-state index in [9.17, 15) is 4.79 Å². The number of nitrogens with zero attached hydrogens (tertiary/aromatic N) is 1. The van der Waals surface area contributed by atoms with Gasteiger partial charge >= 0.3 is 0 Å². The van der Waals surface area contributed by atoms with Crippen molar-refractivity contribution in [2.24, 2.45) is 0 Å².